The van der Waals surface area contributed by atoms with Crippen molar-refractivity contribution in [2.75, 3.05) is 0 Å². The summed E-state index contributed by atoms with van der Waals surface area (Å²) in [5, 5.41) is 0. The van der Waals surface area contributed by atoms with Crippen LogP contribution in [0.3, 0.4) is 0 Å². The molecule has 0 unspecified atom stereocenters. The van der Waals surface area contributed by atoms with Gasteiger partial charge >= 0.3 is 0 Å². The lowest BCUT2D eigenvalue weighted by atomic mass is 10.3. The number of benzene rings is 4. The van der Waals surface area contributed by atoms with E-state index in [9.17, 15) is 0 Å². The lowest BCUT2D eigenvalue weighted by Gasteiger charge is -2.15. The van der Waals surface area contributed by atoms with Gasteiger partial charge in [-0.3, -0.25) is 0 Å². The van der Waals surface area contributed by atoms with Crippen molar-refractivity contribution in [3.8, 4) is 11.5 Å². The molecule has 2 aromatic heterocycles. The zero-order valence-electron chi connectivity index (χ0n) is 19.1. The Morgan fingerprint density at radius 2 is 0.886 bits per heavy atom. The Balaban J connectivity index is 1.37. The molecule has 4 aromatic carbocycles. The molecule has 0 spiro atoms. The fourth-order valence-electron chi connectivity index (χ4n) is 4.26. The molecule has 2 heterocycles. The van der Waals surface area contributed by atoms with Crippen molar-refractivity contribution in [2.45, 2.75) is 19.9 Å². The quantitative estimate of drug-likeness (QED) is 0.277. The van der Waals surface area contributed by atoms with Gasteiger partial charge < -0.3 is 18.6 Å². The number of aromatic nitrogens is 4. The summed E-state index contributed by atoms with van der Waals surface area (Å²) in [6.07, 6.45) is 0. The second-order valence-corrected chi connectivity index (χ2v) is 8.23. The molecule has 0 N–H and O–H groups in total. The van der Waals surface area contributed by atoms with Crippen LogP contribution in [0, 0.1) is 0 Å². The smallest absolute Gasteiger partial charge is 0.149 e. The molecular weight excluding hydrogens is 436 g/mol. The summed E-state index contributed by atoms with van der Waals surface area (Å²) in [6, 6.07) is 36.0. The largest absolute Gasteiger partial charge is 0.486 e. The summed E-state index contributed by atoms with van der Waals surface area (Å²) in [5.41, 5.74) is 3.97. The van der Waals surface area contributed by atoms with Crippen LogP contribution >= 0.6 is 0 Å². The summed E-state index contributed by atoms with van der Waals surface area (Å²) in [5.74, 6) is 3.33. The van der Waals surface area contributed by atoms with Gasteiger partial charge in [-0.1, -0.05) is 60.7 Å². The fourth-order valence-corrected chi connectivity index (χ4v) is 4.26. The Labute approximate surface area is 203 Å². The second-order valence-electron chi connectivity index (χ2n) is 8.23. The van der Waals surface area contributed by atoms with Crippen LogP contribution in [-0.2, 0) is 19.9 Å². The van der Waals surface area contributed by atoms with E-state index in [2.05, 4.69) is 21.3 Å². The van der Waals surface area contributed by atoms with E-state index in [1.165, 1.54) is 0 Å². The Kier molecular flexibility index (Phi) is 5.60. The average Bonchev–Trinajstić information content (AvgIpc) is 3.45. The standard InChI is InChI=1S/C29H24N4O2/c1-3-11-22(12-4-1)34-19-28-30-24-15-7-9-17-26(24)32(28)21-33-27-18-10-8-16-25(27)31-29(33)20-35-23-13-5-2-6-14-23/h1-18H,19-21H2. The number of imidazole rings is 2. The van der Waals surface area contributed by atoms with E-state index in [1.807, 2.05) is 97.1 Å². The summed E-state index contributed by atoms with van der Waals surface area (Å²) >= 11 is 0. The lowest BCUT2D eigenvalue weighted by Crippen LogP contribution is -2.16. The zero-order chi connectivity index (χ0) is 23.5. The fraction of sp³-hybridized carbons (Fsp3) is 0.103. The highest BCUT2D eigenvalue weighted by atomic mass is 16.5. The van der Waals surface area contributed by atoms with Gasteiger partial charge in [0.25, 0.3) is 0 Å². The Hall–Kier alpha value is -4.58. The number of hydrogen-bond donors (Lipinski definition) is 0. The van der Waals surface area contributed by atoms with Crippen molar-refractivity contribution in [2.24, 2.45) is 0 Å². The van der Waals surface area contributed by atoms with Crippen LogP contribution in [0.5, 0.6) is 11.5 Å². The van der Waals surface area contributed by atoms with E-state index in [0.717, 1.165) is 45.2 Å². The number of rotatable bonds is 8. The van der Waals surface area contributed by atoms with Gasteiger partial charge in [-0.25, -0.2) is 9.97 Å². The number of hydrogen-bond acceptors (Lipinski definition) is 4. The van der Waals surface area contributed by atoms with Crippen molar-refractivity contribution < 1.29 is 9.47 Å². The maximum Gasteiger partial charge on any atom is 0.149 e. The molecule has 0 saturated carbocycles. The Morgan fingerprint density at radius 3 is 1.34 bits per heavy atom. The SMILES string of the molecule is c1ccc(OCc2nc3ccccc3n2Cn2c(COc3ccccc3)nc3ccccc32)cc1. The zero-order valence-corrected chi connectivity index (χ0v) is 19.1. The Bertz CT molecular complexity index is 1450. The maximum absolute atomic E-state index is 6.07. The molecular formula is C29H24N4O2. The van der Waals surface area contributed by atoms with Crippen molar-refractivity contribution in [1.29, 1.82) is 0 Å². The molecule has 0 atom stereocenters. The molecule has 0 amide bonds. The molecule has 6 nitrogen and oxygen atoms in total. The van der Waals surface area contributed by atoms with E-state index in [0.29, 0.717) is 19.9 Å². The average molecular weight is 461 g/mol. The minimum absolute atomic E-state index is 0.362. The molecule has 172 valence electrons. The molecule has 6 heteroatoms. The molecule has 0 bridgehead atoms. The van der Waals surface area contributed by atoms with Crippen molar-refractivity contribution >= 4 is 22.1 Å². The molecule has 35 heavy (non-hydrogen) atoms. The highest BCUT2D eigenvalue weighted by molar-refractivity contribution is 5.77. The molecule has 0 aliphatic rings. The summed E-state index contributed by atoms with van der Waals surface area (Å²) in [7, 11) is 0. The minimum atomic E-state index is 0.362. The first-order chi connectivity index (χ1) is 17.3. The first-order valence-corrected chi connectivity index (χ1v) is 11.6. The molecule has 0 aliphatic carbocycles. The van der Waals surface area contributed by atoms with Crippen LogP contribution in [0.25, 0.3) is 22.1 Å². The van der Waals surface area contributed by atoms with Crippen LogP contribution in [0.2, 0.25) is 0 Å². The van der Waals surface area contributed by atoms with Crippen LogP contribution in [-0.4, -0.2) is 19.1 Å². The highest BCUT2D eigenvalue weighted by Crippen LogP contribution is 2.23. The van der Waals surface area contributed by atoms with Gasteiger partial charge in [-0.05, 0) is 48.5 Å². The number of fused-ring (bicyclic) bond motifs is 2. The van der Waals surface area contributed by atoms with Crippen LogP contribution in [0.4, 0.5) is 0 Å². The van der Waals surface area contributed by atoms with Crippen LogP contribution in [0.1, 0.15) is 11.6 Å². The van der Waals surface area contributed by atoms with Gasteiger partial charge in [0.15, 0.2) is 0 Å². The van der Waals surface area contributed by atoms with Gasteiger partial charge in [0.1, 0.15) is 43.0 Å². The number of ether oxygens (including phenoxy) is 2. The van der Waals surface area contributed by atoms with Crippen molar-refractivity contribution in [3.63, 3.8) is 0 Å². The molecule has 0 saturated heterocycles. The predicted molar refractivity (Wildman–Crippen MR) is 136 cm³/mol. The molecule has 0 aliphatic heterocycles. The van der Waals surface area contributed by atoms with Gasteiger partial charge in [0.05, 0.1) is 22.1 Å². The van der Waals surface area contributed by atoms with Gasteiger partial charge in [-0.2, -0.15) is 0 Å². The van der Waals surface area contributed by atoms with E-state index in [1.54, 1.807) is 0 Å². The third kappa shape index (κ3) is 4.34. The molecule has 0 fully saturated rings. The molecule has 6 rings (SSSR count). The summed E-state index contributed by atoms with van der Waals surface area (Å²) in [6.45, 7) is 1.27. The maximum atomic E-state index is 6.07. The summed E-state index contributed by atoms with van der Waals surface area (Å²) < 4.78 is 16.5. The van der Waals surface area contributed by atoms with Crippen LogP contribution in [0.15, 0.2) is 109 Å². The van der Waals surface area contributed by atoms with E-state index < -0.39 is 0 Å². The summed E-state index contributed by atoms with van der Waals surface area (Å²) in [4.78, 5) is 9.77. The van der Waals surface area contributed by atoms with Gasteiger partial charge in [0.2, 0.25) is 0 Å². The van der Waals surface area contributed by atoms with E-state index in [4.69, 9.17) is 19.4 Å². The topological polar surface area (TPSA) is 54.1 Å². The Morgan fingerprint density at radius 1 is 0.486 bits per heavy atom. The predicted octanol–water partition coefficient (Wildman–Crippen LogP) is 6.05. The first kappa shape index (κ1) is 21.0. The third-order valence-corrected chi connectivity index (χ3v) is 5.97. The first-order valence-electron chi connectivity index (χ1n) is 11.6. The highest BCUT2D eigenvalue weighted by Gasteiger charge is 2.16. The van der Waals surface area contributed by atoms with E-state index in [-0.39, 0.29) is 0 Å². The second kappa shape index (κ2) is 9.35. The van der Waals surface area contributed by atoms with Gasteiger partial charge in [0, 0.05) is 0 Å². The third-order valence-electron chi connectivity index (χ3n) is 5.97. The lowest BCUT2D eigenvalue weighted by molar-refractivity contribution is 0.281. The van der Waals surface area contributed by atoms with Crippen molar-refractivity contribution in [1.82, 2.24) is 19.1 Å². The molecule has 0 radical (unpaired) electrons. The van der Waals surface area contributed by atoms with E-state index >= 15 is 0 Å². The number of nitrogens with zero attached hydrogens (tertiary/aromatic N) is 4. The minimum Gasteiger partial charge on any atom is -0.486 e. The number of para-hydroxylation sites is 6. The molecule has 6 aromatic rings. The van der Waals surface area contributed by atoms with Crippen LogP contribution < -0.4 is 9.47 Å². The normalized spacial score (nSPS) is 11.2. The monoisotopic (exact) mass is 460 g/mol. The van der Waals surface area contributed by atoms with Gasteiger partial charge in [-0.15, -0.1) is 0 Å². The van der Waals surface area contributed by atoms with Crippen molar-refractivity contribution in [3.05, 3.63) is 121 Å².